The second-order valence-electron chi connectivity index (χ2n) is 18.1. The molecule has 0 aromatic heterocycles. The zero-order valence-electron chi connectivity index (χ0n) is 38.3. The van der Waals surface area contributed by atoms with Crippen LogP contribution in [0.2, 0.25) is 0 Å². The standard InChI is InChI=1S/C44H71N7O12/c1-24(2)18-28(42(61)47-27(6)34(54)13-16-40(60)51-17-9-10-33(51)44(63)50(7)8)21-37(57)41(25(3)4)49-43(62)29(19-26(5)52)20-36(56)31(11-14-38(45)58)48-39(59)15-12-35(55)32-22-30(53)23-46-32/h24-25,27-33,41,46,53H,9-23H2,1-8H3,(H2,45,58)(H,47,61)(H,48,59)(H,49,62)/t27-,28+,29+,30+,31-,32-,33-,41-/m0/s1. The molecule has 0 aromatic carbocycles. The molecule has 0 aliphatic carbocycles. The summed E-state index contributed by atoms with van der Waals surface area (Å²) in [6.45, 7) is 10.5. The van der Waals surface area contributed by atoms with Gasteiger partial charge in [-0.3, -0.25) is 47.9 Å². The normalized spacial score (nSPS) is 19.7. The summed E-state index contributed by atoms with van der Waals surface area (Å²) in [6.07, 6.45) is -1.45. The van der Waals surface area contributed by atoms with Crippen molar-refractivity contribution in [1.82, 2.24) is 31.1 Å². The molecule has 0 bridgehead atoms. The second-order valence-corrected chi connectivity index (χ2v) is 18.1. The highest BCUT2D eigenvalue weighted by atomic mass is 16.3. The van der Waals surface area contributed by atoms with Crippen molar-refractivity contribution in [1.29, 1.82) is 0 Å². The van der Waals surface area contributed by atoms with E-state index in [2.05, 4.69) is 21.3 Å². The third-order valence-corrected chi connectivity index (χ3v) is 11.5. The van der Waals surface area contributed by atoms with Gasteiger partial charge in [-0.05, 0) is 57.8 Å². The average molecular weight is 890 g/mol. The van der Waals surface area contributed by atoms with Crippen molar-refractivity contribution in [2.75, 3.05) is 27.2 Å². The molecule has 2 heterocycles. The average Bonchev–Trinajstić information content (AvgIpc) is 3.87. The van der Waals surface area contributed by atoms with Crippen molar-refractivity contribution in [2.45, 2.75) is 161 Å². The highest BCUT2D eigenvalue weighted by molar-refractivity contribution is 5.98. The van der Waals surface area contributed by atoms with E-state index in [9.17, 15) is 57.8 Å². The summed E-state index contributed by atoms with van der Waals surface area (Å²) in [6, 6.07) is -4.58. The maximum Gasteiger partial charge on any atom is 0.244 e. The molecule has 0 spiro atoms. The topological polar surface area (TPSA) is 289 Å². The molecule has 2 aliphatic rings. The summed E-state index contributed by atoms with van der Waals surface area (Å²) in [4.78, 5) is 146. The van der Waals surface area contributed by atoms with Crippen molar-refractivity contribution in [3.63, 3.8) is 0 Å². The van der Waals surface area contributed by atoms with Crippen molar-refractivity contribution < 1.29 is 57.8 Å². The lowest BCUT2D eigenvalue weighted by molar-refractivity contribution is -0.142. The van der Waals surface area contributed by atoms with E-state index in [1.807, 2.05) is 13.8 Å². The fourth-order valence-electron chi connectivity index (χ4n) is 7.96. The zero-order valence-corrected chi connectivity index (χ0v) is 38.3. The van der Waals surface area contributed by atoms with Gasteiger partial charge in [0, 0.05) is 84.5 Å². The molecular formula is C44H71N7O12. The van der Waals surface area contributed by atoms with Gasteiger partial charge in [-0.25, -0.2) is 0 Å². The summed E-state index contributed by atoms with van der Waals surface area (Å²) in [5, 5.41) is 20.5. The highest BCUT2D eigenvalue weighted by Gasteiger charge is 2.37. The number of primary amides is 1. The Morgan fingerprint density at radius 1 is 0.778 bits per heavy atom. The van der Waals surface area contributed by atoms with E-state index in [-0.39, 0.29) is 94.3 Å². The molecule has 8 atom stereocenters. The molecule has 2 rings (SSSR count). The first-order valence-electron chi connectivity index (χ1n) is 22.1. The van der Waals surface area contributed by atoms with Crippen LogP contribution in [0.25, 0.3) is 0 Å². The number of ketones is 5. The van der Waals surface area contributed by atoms with Crippen LogP contribution in [0, 0.1) is 23.7 Å². The predicted molar refractivity (Wildman–Crippen MR) is 230 cm³/mol. The number of nitrogens with two attached hydrogens (primary N) is 1. The van der Waals surface area contributed by atoms with Gasteiger partial charge in [0.15, 0.2) is 17.3 Å². The van der Waals surface area contributed by atoms with E-state index in [1.165, 1.54) is 23.6 Å². The summed E-state index contributed by atoms with van der Waals surface area (Å²) in [7, 11) is 3.23. The van der Waals surface area contributed by atoms with Gasteiger partial charge in [0.1, 0.15) is 17.6 Å². The number of β-amino-alcohol motifs (C(OH)–C–C–N with tert-alkyl or cyclic N) is 1. The number of aliphatic hydroxyl groups excluding tert-OH is 1. The van der Waals surface area contributed by atoms with Crippen LogP contribution >= 0.6 is 0 Å². The minimum atomic E-state index is -1.28. The third kappa shape index (κ3) is 18.4. The lowest BCUT2D eigenvalue weighted by Crippen LogP contribution is -2.50. The van der Waals surface area contributed by atoms with E-state index >= 15 is 0 Å². The van der Waals surface area contributed by atoms with Gasteiger partial charge in [-0.15, -0.1) is 0 Å². The monoisotopic (exact) mass is 890 g/mol. The maximum absolute atomic E-state index is 13.9. The molecule has 0 radical (unpaired) electrons. The fourth-order valence-corrected chi connectivity index (χ4v) is 7.96. The van der Waals surface area contributed by atoms with Crippen LogP contribution in [0.5, 0.6) is 0 Å². The molecular weight excluding hydrogens is 819 g/mol. The number of carbonyl (C=O) groups excluding carboxylic acids is 11. The van der Waals surface area contributed by atoms with Gasteiger partial charge in [0.05, 0.1) is 36.2 Å². The van der Waals surface area contributed by atoms with Crippen molar-refractivity contribution in [3.8, 4) is 0 Å². The second kappa shape index (κ2) is 26.0. The molecule has 354 valence electrons. The van der Waals surface area contributed by atoms with Gasteiger partial charge in [0.2, 0.25) is 35.4 Å². The molecule has 0 aromatic rings. The Kier molecular flexibility index (Phi) is 22.4. The molecule has 6 amide bonds. The predicted octanol–water partition coefficient (Wildman–Crippen LogP) is 0.0588. The Bertz CT molecular complexity index is 1700. The van der Waals surface area contributed by atoms with Gasteiger partial charge < -0.3 is 46.7 Å². The van der Waals surface area contributed by atoms with E-state index in [1.54, 1.807) is 27.9 Å². The smallest absolute Gasteiger partial charge is 0.244 e. The molecule has 0 unspecified atom stereocenters. The van der Waals surface area contributed by atoms with Crippen LogP contribution in [-0.2, 0) is 52.7 Å². The highest BCUT2D eigenvalue weighted by Crippen LogP contribution is 2.23. The summed E-state index contributed by atoms with van der Waals surface area (Å²) in [5.74, 6) is -8.25. The zero-order chi connectivity index (χ0) is 47.7. The van der Waals surface area contributed by atoms with Crippen LogP contribution < -0.4 is 27.0 Å². The first-order chi connectivity index (χ1) is 29.4. The summed E-state index contributed by atoms with van der Waals surface area (Å²) in [5.41, 5.74) is 5.32. The minimum Gasteiger partial charge on any atom is -0.392 e. The fraction of sp³-hybridized carbons (Fsp3) is 0.750. The number of likely N-dealkylation sites (tertiary alicyclic amines) is 1. The van der Waals surface area contributed by atoms with Crippen LogP contribution in [0.4, 0.5) is 0 Å². The summed E-state index contributed by atoms with van der Waals surface area (Å²) < 4.78 is 0. The van der Waals surface area contributed by atoms with Crippen molar-refractivity contribution >= 4 is 64.4 Å². The number of carbonyl (C=O) groups is 11. The number of nitrogens with one attached hydrogen (secondary N) is 4. The SMILES string of the molecule is CC(=O)C[C@H](CC(=O)[C@H](CCC(N)=O)NC(=O)CCC(=O)[C@@H]1C[C@@H](O)CN1)C(=O)N[C@H](C(=O)C[C@@H](CC(C)C)C(=O)N[C@@H](C)C(=O)CCC(=O)N1CCC[C@H]1C(=O)N(C)C)C(C)C. The van der Waals surface area contributed by atoms with Crippen LogP contribution in [0.1, 0.15) is 125 Å². The van der Waals surface area contributed by atoms with Gasteiger partial charge >= 0.3 is 0 Å². The van der Waals surface area contributed by atoms with Gasteiger partial charge in [0.25, 0.3) is 0 Å². The minimum absolute atomic E-state index is 0.0460. The van der Waals surface area contributed by atoms with Crippen LogP contribution in [-0.4, -0.2) is 143 Å². The van der Waals surface area contributed by atoms with Gasteiger partial charge in [-0.2, -0.15) is 0 Å². The quantitative estimate of drug-likeness (QED) is 0.0607. The number of hydrogen-bond donors (Lipinski definition) is 6. The molecule has 0 saturated carbocycles. The molecule has 19 nitrogen and oxygen atoms in total. The third-order valence-electron chi connectivity index (χ3n) is 11.5. The number of likely N-dealkylation sites (N-methyl/N-ethyl adjacent to an activating group) is 1. The number of rotatable bonds is 28. The Hall–Kier alpha value is -4.91. The first kappa shape index (κ1) is 54.2. The largest absolute Gasteiger partial charge is 0.392 e. The molecule has 63 heavy (non-hydrogen) atoms. The Morgan fingerprint density at radius 3 is 1.97 bits per heavy atom. The van der Waals surface area contributed by atoms with E-state index in [0.29, 0.717) is 19.4 Å². The number of amides is 6. The number of nitrogens with zero attached hydrogens (tertiary/aromatic N) is 2. The van der Waals surface area contributed by atoms with Crippen molar-refractivity contribution in [3.05, 3.63) is 0 Å². The maximum atomic E-state index is 13.9. The molecule has 2 fully saturated rings. The molecule has 7 N–H and O–H groups in total. The van der Waals surface area contributed by atoms with E-state index in [4.69, 9.17) is 5.73 Å². The Labute approximate surface area is 370 Å². The van der Waals surface area contributed by atoms with Crippen LogP contribution in [0.3, 0.4) is 0 Å². The lowest BCUT2D eigenvalue weighted by Gasteiger charge is -2.27. The Balaban J connectivity index is 2.12. The van der Waals surface area contributed by atoms with Crippen molar-refractivity contribution in [2.24, 2.45) is 29.4 Å². The van der Waals surface area contributed by atoms with E-state index in [0.717, 1.165) is 0 Å². The molecule has 2 aliphatic heterocycles. The van der Waals surface area contributed by atoms with Crippen LogP contribution in [0.15, 0.2) is 0 Å². The molecule has 19 heteroatoms. The summed E-state index contributed by atoms with van der Waals surface area (Å²) >= 11 is 0. The number of aliphatic hydroxyl groups is 1. The lowest BCUT2D eigenvalue weighted by atomic mass is 9.86. The van der Waals surface area contributed by atoms with Gasteiger partial charge in [-0.1, -0.05) is 27.7 Å². The number of hydrogen-bond acceptors (Lipinski definition) is 13. The van der Waals surface area contributed by atoms with E-state index < -0.39 is 107 Å². The first-order valence-corrected chi connectivity index (χ1v) is 22.1. The Morgan fingerprint density at radius 2 is 1.41 bits per heavy atom. The number of Topliss-reactive ketones (excluding diaryl/α,β-unsaturated/α-hetero) is 5. The molecule has 2 saturated heterocycles.